The number of hydrogen-bond donors (Lipinski definition) is 1. The lowest BCUT2D eigenvalue weighted by atomic mass is 10.1. The lowest BCUT2D eigenvalue weighted by Gasteiger charge is -2.26. The van der Waals surface area contributed by atoms with Crippen molar-refractivity contribution in [2.24, 2.45) is 5.73 Å². The van der Waals surface area contributed by atoms with Crippen LogP contribution in [-0.4, -0.2) is 24.3 Å². The van der Waals surface area contributed by atoms with E-state index in [2.05, 4.69) is 0 Å². The van der Waals surface area contributed by atoms with Crippen molar-refractivity contribution in [3.63, 3.8) is 0 Å². The fraction of sp³-hybridized carbons (Fsp3) is 0.364. The van der Waals surface area contributed by atoms with Crippen LogP contribution < -0.4 is 5.73 Å². The summed E-state index contributed by atoms with van der Waals surface area (Å²) >= 11 is 4.97. The summed E-state index contributed by atoms with van der Waals surface area (Å²) in [5.74, 6) is 0. The van der Waals surface area contributed by atoms with Crippen LogP contribution >= 0.6 is 12.2 Å². The van der Waals surface area contributed by atoms with E-state index in [0.717, 1.165) is 11.1 Å². The van der Waals surface area contributed by atoms with E-state index in [-0.39, 0.29) is 6.10 Å². The van der Waals surface area contributed by atoms with Gasteiger partial charge in [0.05, 0.1) is 19.8 Å². The Hall–Kier alpha value is -0.970. The van der Waals surface area contributed by atoms with E-state index in [4.69, 9.17) is 27.4 Å². The highest BCUT2D eigenvalue weighted by Crippen LogP contribution is 2.13. The monoisotopic (exact) mass is 223 g/mol. The summed E-state index contributed by atoms with van der Waals surface area (Å²) in [6.07, 6.45) is 0.226. The van der Waals surface area contributed by atoms with Crippen LogP contribution in [0.25, 0.3) is 0 Å². The maximum absolute atomic E-state index is 5.62. The van der Waals surface area contributed by atoms with Crippen molar-refractivity contribution in [2.75, 3.05) is 13.2 Å². The predicted molar refractivity (Wildman–Crippen MR) is 61.7 cm³/mol. The van der Waals surface area contributed by atoms with Gasteiger partial charge in [-0.05, 0) is 5.56 Å². The minimum Gasteiger partial charge on any atom is -0.389 e. The Morgan fingerprint density at radius 3 is 2.80 bits per heavy atom. The molecule has 0 unspecified atom stereocenters. The van der Waals surface area contributed by atoms with Crippen LogP contribution in [0, 0.1) is 0 Å². The molecule has 3 nitrogen and oxygen atoms in total. The van der Waals surface area contributed by atoms with E-state index in [1.54, 1.807) is 0 Å². The van der Waals surface area contributed by atoms with Crippen LogP contribution in [0.5, 0.6) is 0 Å². The summed E-state index contributed by atoms with van der Waals surface area (Å²) in [6, 6.07) is 7.77. The van der Waals surface area contributed by atoms with E-state index >= 15 is 0 Å². The predicted octanol–water partition coefficient (Wildman–Crippen LogP) is 1.24. The molecule has 0 aliphatic carbocycles. The molecule has 1 aromatic carbocycles. The molecule has 1 heterocycles. The molecule has 0 saturated carbocycles. The second-order valence-corrected chi connectivity index (χ2v) is 3.93. The van der Waals surface area contributed by atoms with E-state index in [9.17, 15) is 0 Å². The molecule has 0 bridgehead atoms. The summed E-state index contributed by atoms with van der Waals surface area (Å²) in [5.41, 5.74) is 7.55. The van der Waals surface area contributed by atoms with Gasteiger partial charge >= 0.3 is 0 Å². The molecule has 1 saturated heterocycles. The van der Waals surface area contributed by atoms with Crippen LogP contribution in [0.4, 0.5) is 0 Å². The third kappa shape index (κ3) is 2.53. The number of nitrogens with two attached hydrogens (primary N) is 1. The zero-order valence-electron chi connectivity index (χ0n) is 8.31. The van der Waals surface area contributed by atoms with Crippen molar-refractivity contribution in [3.8, 4) is 0 Å². The molecule has 0 spiro atoms. The minimum atomic E-state index is 0.226. The maximum Gasteiger partial charge on any atom is 0.105 e. The number of rotatable bonds is 4. The fourth-order valence-electron chi connectivity index (χ4n) is 1.40. The Morgan fingerprint density at radius 1 is 1.47 bits per heavy atom. The first-order valence-electron chi connectivity index (χ1n) is 4.84. The summed E-state index contributed by atoms with van der Waals surface area (Å²) < 4.78 is 10.6. The smallest absolute Gasteiger partial charge is 0.105 e. The quantitative estimate of drug-likeness (QED) is 0.780. The molecule has 1 aliphatic heterocycles. The van der Waals surface area contributed by atoms with E-state index < -0.39 is 0 Å². The van der Waals surface area contributed by atoms with E-state index in [0.29, 0.717) is 24.8 Å². The zero-order valence-corrected chi connectivity index (χ0v) is 9.13. The van der Waals surface area contributed by atoms with Gasteiger partial charge in [0.2, 0.25) is 0 Å². The number of thiocarbonyl (C=S) groups is 1. The molecule has 15 heavy (non-hydrogen) atoms. The van der Waals surface area contributed by atoms with Gasteiger partial charge in [-0.15, -0.1) is 0 Å². The Labute approximate surface area is 94.2 Å². The fourth-order valence-corrected chi connectivity index (χ4v) is 1.60. The standard InChI is InChI=1S/C11H13NO2S/c12-11(15)10-4-2-1-3-8(10)5-14-9-6-13-7-9/h1-4,9H,5-7H2,(H2,12,15). The highest BCUT2D eigenvalue weighted by Gasteiger charge is 2.19. The molecule has 2 N–H and O–H groups in total. The summed E-state index contributed by atoms with van der Waals surface area (Å²) in [6.45, 7) is 1.92. The van der Waals surface area contributed by atoms with Gasteiger partial charge in [0.1, 0.15) is 11.1 Å². The average Bonchev–Trinajstić information content (AvgIpc) is 2.16. The van der Waals surface area contributed by atoms with Crippen molar-refractivity contribution < 1.29 is 9.47 Å². The lowest BCUT2D eigenvalue weighted by molar-refractivity contribution is -0.135. The third-order valence-corrected chi connectivity index (χ3v) is 2.58. The Kier molecular flexibility index (Phi) is 3.30. The Bertz CT molecular complexity index is 363. The first kappa shape index (κ1) is 10.5. The van der Waals surface area contributed by atoms with Gasteiger partial charge in [-0.1, -0.05) is 36.5 Å². The van der Waals surface area contributed by atoms with Crippen molar-refractivity contribution in [1.29, 1.82) is 0 Å². The summed E-state index contributed by atoms with van der Waals surface area (Å²) in [5, 5.41) is 0. The van der Waals surface area contributed by atoms with E-state index in [1.165, 1.54) is 0 Å². The van der Waals surface area contributed by atoms with Crippen molar-refractivity contribution in [2.45, 2.75) is 12.7 Å². The molecule has 0 amide bonds. The van der Waals surface area contributed by atoms with Gasteiger partial charge in [-0.2, -0.15) is 0 Å². The van der Waals surface area contributed by atoms with Crippen LogP contribution in [0.2, 0.25) is 0 Å². The van der Waals surface area contributed by atoms with Crippen LogP contribution in [0.1, 0.15) is 11.1 Å². The van der Waals surface area contributed by atoms with E-state index in [1.807, 2.05) is 24.3 Å². The second-order valence-electron chi connectivity index (χ2n) is 3.49. The minimum absolute atomic E-state index is 0.226. The van der Waals surface area contributed by atoms with Crippen LogP contribution in [0.15, 0.2) is 24.3 Å². The van der Waals surface area contributed by atoms with Crippen molar-refractivity contribution in [3.05, 3.63) is 35.4 Å². The number of ether oxygens (including phenoxy) is 2. The van der Waals surface area contributed by atoms with Crippen molar-refractivity contribution in [1.82, 2.24) is 0 Å². The van der Waals surface area contributed by atoms with Crippen LogP contribution in [0.3, 0.4) is 0 Å². The molecule has 2 rings (SSSR count). The topological polar surface area (TPSA) is 44.5 Å². The number of benzene rings is 1. The average molecular weight is 223 g/mol. The molecule has 1 fully saturated rings. The highest BCUT2D eigenvalue weighted by molar-refractivity contribution is 7.80. The van der Waals surface area contributed by atoms with Gasteiger partial charge < -0.3 is 15.2 Å². The maximum atomic E-state index is 5.62. The van der Waals surface area contributed by atoms with Gasteiger partial charge in [0.15, 0.2) is 0 Å². The first-order valence-corrected chi connectivity index (χ1v) is 5.25. The molecule has 80 valence electrons. The largest absolute Gasteiger partial charge is 0.389 e. The molecular weight excluding hydrogens is 210 g/mol. The summed E-state index contributed by atoms with van der Waals surface area (Å²) in [4.78, 5) is 0.416. The molecule has 0 atom stereocenters. The highest BCUT2D eigenvalue weighted by atomic mass is 32.1. The molecule has 1 aliphatic rings. The van der Waals surface area contributed by atoms with Crippen molar-refractivity contribution >= 4 is 17.2 Å². The number of hydrogen-bond acceptors (Lipinski definition) is 3. The molecular formula is C11H13NO2S. The SMILES string of the molecule is NC(=S)c1ccccc1COC1COC1. The van der Waals surface area contributed by atoms with Gasteiger partial charge in [0, 0.05) is 5.56 Å². The second kappa shape index (κ2) is 4.70. The zero-order chi connectivity index (χ0) is 10.7. The first-order chi connectivity index (χ1) is 7.27. The Morgan fingerprint density at radius 2 is 2.20 bits per heavy atom. The van der Waals surface area contributed by atoms with Gasteiger partial charge in [-0.25, -0.2) is 0 Å². The third-order valence-electron chi connectivity index (χ3n) is 2.36. The molecule has 0 radical (unpaired) electrons. The Balaban J connectivity index is 2.02. The van der Waals surface area contributed by atoms with Gasteiger partial charge in [0.25, 0.3) is 0 Å². The summed E-state index contributed by atoms with van der Waals surface area (Å²) in [7, 11) is 0. The molecule has 1 aromatic rings. The van der Waals surface area contributed by atoms with Gasteiger partial charge in [-0.3, -0.25) is 0 Å². The normalized spacial score (nSPS) is 16.0. The molecule has 4 heteroatoms. The van der Waals surface area contributed by atoms with Crippen LogP contribution in [-0.2, 0) is 16.1 Å². The lowest BCUT2D eigenvalue weighted by Crippen LogP contribution is -2.36. The molecule has 0 aromatic heterocycles.